The molecule has 0 aliphatic rings. The van der Waals surface area contributed by atoms with E-state index in [0.29, 0.717) is 18.0 Å². The van der Waals surface area contributed by atoms with Crippen molar-refractivity contribution in [1.29, 1.82) is 0 Å². The summed E-state index contributed by atoms with van der Waals surface area (Å²) in [6.07, 6.45) is 1.58. The fourth-order valence-electron chi connectivity index (χ4n) is 1.71. The van der Waals surface area contributed by atoms with Gasteiger partial charge < -0.3 is 9.84 Å². The highest BCUT2D eigenvalue weighted by atomic mass is 35.5. The first-order chi connectivity index (χ1) is 10.1. The number of pyridine rings is 1. The topological polar surface area (TPSA) is 54.6 Å². The van der Waals surface area contributed by atoms with E-state index in [2.05, 4.69) is 4.98 Å². The molecule has 1 heterocycles. The molecule has 2 rings (SSSR count). The van der Waals surface area contributed by atoms with E-state index < -0.39 is 0 Å². The van der Waals surface area contributed by atoms with E-state index >= 15 is 0 Å². The number of ether oxygens (including phenoxy) is 1. The molecule has 1 N–H and O–H groups in total. The molecule has 0 unspecified atom stereocenters. The van der Waals surface area contributed by atoms with Crippen molar-refractivity contribution in [3.05, 3.63) is 53.9 Å². The summed E-state index contributed by atoms with van der Waals surface area (Å²) in [5, 5.41) is 9.73. The highest BCUT2D eigenvalue weighted by Gasteiger charge is 2.18. The number of rotatable bonds is 5. The molecule has 0 fully saturated rings. The number of methoxy groups -OCH3 is 1. The maximum Gasteiger partial charge on any atom is 0.319 e. The zero-order chi connectivity index (χ0) is 15.2. The van der Waals surface area contributed by atoms with Gasteiger partial charge in [0.05, 0.1) is 11.4 Å². The lowest BCUT2D eigenvalue weighted by Gasteiger charge is -2.02. The van der Waals surface area contributed by atoms with Crippen molar-refractivity contribution in [3.8, 4) is 11.5 Å². The van der Waals surface area contributed by atoms with Crippen molar-refractivity contribution >= 4 is 17.5 Å². The Balaban J connectivity index is 2.07. The Labute approximate surface area is 128 Å². The summed E-state index contributed by atoms with van der Waals surface area (Å²) in [5.74, 6) is 0.830. The van der Waals surface area contributed by atoms with Crippen LogP contribution in [0.5, 0.6) is 11.5 Å². The molecule has 2 aromatic rings. The summed E-state index contributed by atoms with van der Waals surface area (Å²) in [7, 11) is 1.61. The molecule has 0 atom stereocenters. The van der Waals surface area contributed by atoms with E-state index in [1.807, 2.05) is 24.3 Å². The number of nitrogens with zero attached hydrogens (tertiary/aromatic N) is 2. The van der Waals surface area contributed by atoms with Crippen LogP contribution in [0.3, 0.4) is 0 Å². The van der Waals surface area contributed by atoms with Crippen LogP contribution < -0.4 is 4.74 Å². The minimum Gasteiger partial charge on any atom is -0.505 e. The molecular formula is C15H16ClN2O3+. The monoisotopic (exact) mass is 307 g/mol. The van der Waals surface area contributed by atoms with Crippen LogP contribution in [0.4, 0.5) is 0 Å². The summed E-state index contributed by atoms with van der Waals surface area (Å²) in [6.45, 7) is 2.00. The molecule has 0 bridgehead atoms. The van der Waals surface area contributed by atoms with Gasteiger partial charge in [-0.3, -0.25) is 4.84 Å². The molecule has 0 amide bonds. The fourth-order valence-corrected chi connectivity index (χ4v) is 1.84. The molecule has 0 spiro atoms. The van der Waals surface area contributed by atoms with Gasteiger partial charge in [0, 0.05) is 13.1 Å². The lowest BCUT2D eigenvalue weighted by Crippen LogP contribution is -2.13. The molecule has 1 aromatic carbocycles. The quantitative estimate of drug-likeness (QED) is 0.524. The van der Waals surface area contributed by atoms with Crippen LogP contribution in [0.2, 0.25) is 0 Å². The van der Waals surface area contributed by atoms with Crippen molar-refractivity contribution in [2.24, 2.45) is 0 Å². The third-order valence-corrected chi connectivity index (χ3v) is 3.25. The summed E-state index contributed by atoms with van der Waals surface area (Å²) < 4.78 is 6.16. The van der Waals surface area contributed by atoms with Crippen LogP contribution in [0.15, 0.2) is 42.6 Å². The summed E-state index contributed by atoms with van der Waals surface area (Å²) in [4.78, 5) is 9.51. The first-order valence-corrected chi connectivity index (χ1v) is 6.65. The number of halogens is 1. The Hall–Kier alpha value is -2.27. The van der Waals surface area contributed by atoms with Crippen LogP contribution in [-0.4, -0.2) is 27.2 Å². The van der Waals surface area contributed by atoms with Gasteiger partial charge in [-0.15, -0.1) is 0 Å². The number of hydrogen-bond acceptors (Lipinski definition) is 4. The Morgan fingerprint density at radius 3 is 2.62 bits per heavy atom. The summed E-state index contributed by atoms with van der Waals surface area (Å²) in [5.41, 5.74) is 1.82. The van der Waals surface area contributed by atoms with Gasteiger partial charge in [0.15, 0.2) is 12.3 Å². The van der Waals surface area contributed by atoms with Crippen LogP contribution in [-0.2, 0) is 11.4 Å². The maximum atomic E-state index is 9.73. The molecule has 110 valence electrons. The van der Waals surface area contributed by atoms with Gasteiger partial charge in [0.2, 0.25) is 0 Å². The minimum absolute atomic E-state index is 0.0497. The van der Waals surface area contributed by atoms with Gasteiger partial charge in [0.1, 0.15) is 11.5 Å². The molecule has 0 saturated heterocycles. The van der Waals surface area contributed by atoms with E-state index in [9.17, 15) is 5.11 Å². The molecule has 21 heavy (non-hydrogen) atoms. The summed E-state index contributed by atoms with van der Waals surface area (Å²) in [6, 6.07) is 10.6. The van der Waals surface area contributed by atoms with E-state index in [4.69, 9.17) is 21.4 Å². The van der Waals surface area contributed by atoms with E-state index in [-0.39, 0.29) is 5.75 Å². The minimum atomic E-state index is 0.0497. The Bertz CT molecular complexity index is 642. The highest BCUT2D eigenvalue weighted by molar-refractivity contribution is 6.10. The molecule has 0 radical (unpaired) electrons. The van der Waals surface area contributed by atoms with Gasteiger partial charge in [-0.2, -0.15) is 0 Å². The van der Waals surface area contributed by atoms with Crippen molar-refractivity contribution in [2.75, 3.05) is 7.11 Å². The number of benzene rings is 1. The zero-order valence-corrected chi connectivity index (χ0v) is 12.5. The van der Waals surface area contributed by atoms with Gasteiger partial charge in [-0.05, 0) is 29.8 Å². The third-order valence-electron chi connectivity index (χ3n) is 2.90. The first-order valence-electron chi connectivity index (χ1n) is 6.31. The largest absolute Gasteiger partial charge is 0.505 e. The van der Waals surface area contributed by atoms with Crippen molar-refractivity contribution in [3.63, 3.8) is 0 Å². The van der Waals surface area contributed by atoms with Gasteiger partial charge >= 0.3 is 11.8 Å². The molecule has 6 heteroatoms. The lowest BCUT2D eigenvalue weighted by atomic mass is 10.2. The molecular weight excluding hydrogens is 292 g/mol. The summed E-state index contributed by atoms with van der Waals surface area (Å²) >= 11 is 6.04. The van der Waals surface area contributed by atoms with E-state index in [1.54, 1.807) is 32.4 Å². The first kappa shape index (κ1) is 15.1. The molecule has 0 aliphatic carbocycles. The van der Waals surface area contributed by atoms with Crippen LogP contribution in [0.25, 0.3) is 0 Å². The average molecular weight is 308 g/mol. The standard InChI is InChI=1S/C15H15ClN2O3/c1-11(15-14(19)4-3-9-17-15)18(16)21-10-12-5-7-13(20-2)8-6-12/h3-9H,10H2,1-2H3/p+1. The third kappa shape index (κ3) is 3.86. The number of hydrogen-bond donors (Lipinski definition) is 1. The Morgan fingerprint density at radius 2 is 2.00 bits per heavy atom. The smallest absolute Gasteiger partial charge is 0.319 e. The van der Waals surface area contributed by atoms with E-state index in [0.717, 1.165) is 15.6 Å². The Morgan fingerprint density at radius 1 is 1.29 bits per heavy atom. The second-order valence-electron chi connectivity index (χ2n) is 4.32. The molecule has 5 nitrogen and oxygen atoms in total. The van der Waals surface area contributed by atoms with E-state index in [1.165, 1.54) is 0 Å². The SMILES string of the molecule is COc1ccc(CO[N+](Cl)=C(C)c2ncccc2O)cc1. The van der Waals surface area contributed by atoms with Gasteiger partial charge in [-0.25, -0.2) is 4.98 Å². The molecule has 0 aliphatic heterocycles. The molecule has 0 saturated carbocycles. The van der Waals surface area contributed by atoms with Gasteiger partial charge in [-0.1, -0.05) is 12.1 Å². The lowest BCUT2D eigenvalue weighted by molar-refractivity contribution is -0.688. The fraction of sp³-hybridized carbons (Fsp3) is 0.200. The zero-order valence-electron chi connectivity index (χ0n) is 11.8. The van der Waals surface area contributed by atoms with Crippen LogP contribution in [0.1, 0.15) is 18.2 Å². The maximum absolute atomic E-state index is 9.73. The molecule has 1 aromatic heterocycles. The van der Waals surface area contributed by atoms with Gasteiger partial charge in [0.25, 0.3) is 5.71 Å². The van der Waals surface area contributed by atoms with Crippen molar-refractivity contribution < 1.29 is 18.9 Å². The van der Waals surface area contributed by atoms with Crippen molar-refractivity contribution in [1.82, 2.24) is 4.98 Å². The Kier molecular flexibility index (Phi) is 5.00. The predicted octanol–water partition coefficient (Wildman–Crippen LogP) is 2.90. The van der Waals surface area contributed by atoms with Crippen LogP contribution >= 0.6 is 11.8 Å². The second-order valence-corrected chi connectivity index (χ2v) is 4.63. The van der Waals surface area contributed by atoms with Crippen LogP contribution in [0, 0.1) is 0 Å². The number of aromatic hydroxyl groups is 1. The average Bonchev–Trinajstić information content (AvgIpc) is 2.53. The van der Waals surface area contributed by atoms with Crippen molar-refractivity contribution in [2.45, 2.75) is 13.5 Å². The number of aromatic nitrogens is 1. The normalized spacial score (nSPS) is 11.8. The predicted molar refractivity (Wildman–Crippen MR) is 79.6 cm³/mol. The highest BCUT2D eigenvalue weighted by Crippen LogP contribution is 2.15. The second kappa shape index (κ2) is 6.95.